The lowest BCUT2D eigenvalue weighted by Crippen LogP contribution is -2.35. The molecule has 0 aliphatic heterocycles. The van der Waals surface area contributed by atoms with Gasteiger partial charge in [-0.25, -0.2) is 14.6 Å². The van der Waals surface area contributed by atoms with Gasteiger partial charge in [0.15, 0.2) is 5.65 Å². The second kappa shape index (κ2) is 8.24. The van der Waals surface area contributed by atoms with Gasteiger partial charge < -0.3 is 10.4 Å². The van der Waals surface area contributed by atoms with Gasteiger partial charge in [0.05, 0.1) is 17.7 Å². The highest BCUT2D eigenvalue weighted by atomic mass is 79.9. The Morgan fingerprint density at radius 1 is 1.43 bits per heavy atom. The monoisotopic (exact) mass is 491 g/mol. The van der Waals surface area contributed by atoms with Crippen molar-refractivity contribution in [2.75, 3.05) is 7.05 Å². The van der Waals surface area contributed by atoms with Crippen molar-refractivity contribution < 1.29 is 9.90 Å². The van der Waals surface area contributed by atoms with Gasteiger partial charge in [-0.2, -0.15) is 5.10 Å². The molecule has 7 nitrogen and oxygen atoms in total. The lowest BCUT2D eigenvalue weighted by atomic mass is 9.86. The van der Waals surface area contributed by atoms with Crippen LogP contribution >= 0.6 is 27.5 Å². The quantitative estimate of drug-likeness (QED) is 0.565. The molecule has 1 aromatic carbocycles. The summed E-state index contributed by atoms with van der Waals surface area (Å²) < 4.78 is 2.35. The fourth-order valence-corrected chi connectivity index (χ4v) is 5.02. The Kier molecular flexibility index (Phi) is 5.83. The summed E-state index contributed by atoms with van der Waals surface area (Å²) in [6.07, 6.45) is 5.15. The number of aliphatic hydroxyl groups is 1. The number of amides is 1. The van der Waals surface area contributed by atoms with Crippen LogP contribution < -0.4 is 5.32 Å². The molecule has 158 valence electrons. The Hall–Kier alpha value is -2.03. The van der Waals surface area contributed by atoms with Crippen molar-refractivity contribution in [3.8, 4) is 5.69 Å². The van der Waals surface area contributed by atoms with Crippen LogP contribution in [0.4, 0.5) is 0 Å². The molecule has 2 aromatic heterocycles. The van der Waals surface area contributed by atoms with E-state index in [0.717, 1.165) is 36.2 Å². The van der Waals surface area contributed by atoms with Gasteiger partial charge in [-0.3, -0.25) is 4.79 Å². The minimum Gasteiger partial charge on any atom is -0.392 e. The average Bonchev–Trinajstić information content (AvgIpc) is 3.27. The van der Waals surface area contributed by atoms with Gasteiger partial charge in [-0.1, -0.05) is 18.5 Å². The van der Waals surface area contributed by atoms with E-state index in [4.69, 9.17) is 16.6 Å². The molecule has 1 aliphatic rings. The second-order valence-corrected chi connectivity index (χ2v) is 9.34. The number of nitrogens with one attached hydrogen (secondary N) is 1. The van der Waals surface area contributed by atoms with Crippen LogP contribution in [0.25, 0.3) is 16.7 Å². The minimum absolute atomic E-state index is 0.101. The SMILES string of the molecule is CNC(=O)[C@]1(C)CC[C@@H](Cc2ncc3c(Br)nn(-c4cc(Cl)cc(CO)c4)c3n2)C1. The first kappa shape index (κ1) is 21.2. The molecular formula is C21H23BrClN5O2. The summed E-state index contributed by atoms with van der Waals surface area (Å²) in [6.45, 7) is 1.92. The number of hydrogen-bond acceptors (Lipinski definition) is 5. The fraction of sp³-hybridized carbons (Fsp3) is 0.429. The van der Waals surface area contributed by atoms with Gasteiger partial charge in [0.2, 0.25) is 5.91 Å². The molecule has 2 atom stereocenters. The molecule has 3 aromatic rings. The topological polar surface area (TPSA) is 92.9 Å². The van der Waals surface area contributed by atoms with Gasteiger partial charge in [-0.05, 0) is 64.9 Å². The van der Waals surface area contributed by atoms with E-state index in [9.17, 15) is 9.90 Å². The molecule has 2 heterocycles. The number of halogens is 2. The molecule has 30 heavy (non-hydrogen) atoms. The van der Waals surface area contributed by atoms with Crippen molar-refractivity contribution >= 4 is 44.5 Å². The third-order valence-electron chi connectivity index (χ3n) is 5.89. The van der Waals surface area contributed by atoms with Gasteiger partial charge in [0, 0.05) is 30.1 Å². The Morgan fingerprint density at radius 2 is 2.23 bits per heavy atom. The van der Waals surface area contributed by atoms with Crippen molar-refractivity contribution in [1.82, 2.24) is 25.1 Å². The zero-order valence-corrected chi connectivity index (χ0v) is 19.2. The van der Waals surface area contributed by atoms with Crippen molar-refractivity contribution in [2.24, 2.45) is 11.3 Å². The molecule has 0 unspecified atom stereocenters. The number of benzene rings is 1. The first-order valence-corrected chi connectivity index (χ1v) is 11.0. The number of carbonyl (C=O) groups excluding carboxylic acids is 1. The van der Waals surface area contributed by atoms with Crippen LogP contribution in [0.15, 0.2) is 29.0 Å². The summed E-state index contributed by atoms with van der Waals surface area (Å²) in [4.78, 5) is 21.5. The number of rotatable bonds is 5. The Labute approximate surface area is 188 Å². The standard InChI is InChI=1S/C21H23BrClN5O2/c1-21(20(30)24-2)4-3-12(9-21)7-17-25-10-16-18(22)27-28(19(16)26-17)15-6-13(11-29)5-14(23)8-15/h5-6,8,10,12,29H,3-4,7,9,11H2,1-2H3,(H,24,30)/t12-,21+/m0/s1. The Bertz CT molecular complexity index is 1120. The largest absolute Gasteiger partial charge is 0.392 e. The van der Waals surface area contributed by atoms with Crippen molar-refractivity contribution in [2.45, 2.75) is 39.2 Å². The third-order valence-corrected chi connectivity index (χ3v) is 6.69. The molecule has 1 aliphatic carbocycles. The summed E-state index contributed by atoms with van der Waals surface area (Å²) in [7, 11) is 1.69. The maximum absolute atomic E-state index is 12.2. The summed E-state index contributed by atoms with van der Waals surface area (Å²) in [6, 6.07) is 5.33. The van der Waals surface area contributed by atoms with E-state index in [2.05, 4.69) is 31.3 Å². The number of carbonyl (C=O) groups is 1. The predicted molar refractivity (Wildman–Crippen MR) is 119 cm³/mol. The molecule has 0 bridgehead atoms. The van der Waals surface area contributed by atoms with Crippen LogP contribution in [0, 0.1) is 11.3 Å². The summed E-state index contributed by atoms with van der Waals surface area (Å²) in [5.41, 5.74) is 1.77. The van der Waals surface area contributed by atoms with E-state index < -0.39 is 0 Å². The van der Waals surface area contributed by atoms with E-state index in [-0.39, 0.29) is 17.9 Å². The molecule has 0 radical (unpaired) electrons. The lowest BCUT2D eigenvalue weighted by Gasteiger charge is -2.21. The Balaban J connectivity index is 1.66. The Morgan fingerprint density at radius 3 is 2.97 bits per heavy atom. The molecule has 9 heteroatoms. The molecule has 2 N–H and O–H groups in total. The zero-order valence-electron chi connectivity index (χ0n) is 16.8. The van der Waals surface area contributed by atoms with Crippen LogP contribution in [-0.2, 0) is 17.8 Å². The normalized spacial score (nSPS) is 21.3. The molecule has 1 saturated carbocycles. The first-order valence-electron chi connectivity index (χ1n) is 9.86. The molecule has 0 spiro atoms. The molecular weight excluding hydrogens is 470 g/mol. The van der Waals surface area contributed by atoms with Gasteiger partial charge in [0.1, 0.15) is 10.4 Å². The van der Waals surface area contributed by atoms with Crippen LogP contribution in [0.2, 0.25) is 5.02 Å². The maximum atomic E-state index is 12.2. The third kappa shape index (κ3) is 3.96. The molecule has 4 rings (SSSR count). The van der Waals surface area contributed by atoms with Crippen LogP contribution in [0.1, 0.15) is 37.6 Å². The van der Waals surface area contributed by atoms with Gasteiger partial charge >= 0.3 is 0 Å². The summed E-state index contributed by atoms with van der Waals surface area (Å²) in [5.74, 6) is 1.19. The van der Waals surface area contributed by atoms with Crippen LogP contribution in [-0.4, -0.2) is 37.8 Å². The van der Waals surface area contributed by atoms with E-state index in [0.29, 0.717) is 33.2 Å². The fourth-order valence-electron chi connectivity index (χ4n) is 4.33. The molecule has 1 amide bonds. The maximum Gasteiger partial charge on any atom is 0.225 e. The zero-order chi connectivity index (χ0) is 21.5. The van der Waals surface area contributed by atoms with E-state index in [1.807, 2.05) is 13.0 Å². The van der Waals surface area contributed by atoms with Gasteiger partial charge in [-0.15, -0.1) is 0 Å². The predicted octanol–water partition coefficient (Wildman–Crippen LogP) is 3.82. The smallest absolute Gasteiger partial charge is 0.225 e. The number of fused-ring (bicyclic) bond motifs is 1. The molecule has 0 saturated heterocycles. The highest BCUT2D eigenvalue weighted by Gasteiger charge is 2.40. The van der Waals surface area contributed by atoms with E-state index in [1.165, 1.54) is 0 Å². The number of hydrogen-bond donors (Lipinski definition) is 2. The average molecular weight is 493 g/mol. The van der Waals surface area contributed by atoms with E-state index >= 15 is 0 Å². The first-order chi connectivity index (χ1) is 14.3. The second-order valence-electron chi connectivity index (χ2n) is 8.15. The minimum atomic E-state index is -0.324. The lowest BCUT2D eigenvalue weighted by molar-refractivity contribution is -0.129. The summed E-state index contributed by atoms with van der Waals surface area (Å²) in [5, 5.41) is 18.1. The number of aromatic nitrogens is 4. The summed E-state index contributed by atoms with van der Waals surface area (Å²) >= 11 is 9.70. The van der Waals surface area contributed by atoms with Crippen molar-refractivity contribution in [3.63, 3.8) is 0 Å². The number of nitrogens with zero attached hydrogens (tertiary/aromatic N) is 4. The van der Waals surface area contributed by atoms with Gasteiger partial charge in [0.25, 0.3) is 0 Å². The van der Waals surface area contributed by atoms with E-state index in [1.54, 1.807) is 30.1 Å². The van der Waals surface area contributed by atoms with Crippen LogP contribution in [0.3, 0.4) is 0 Å². The highest BCUT2D eigenvalue weighted by Crippen LogP contribution is 2.42. The number of aliphatic hydroxyl groups excluding tert-OH is 1. The van der Waals surface area contributed by atoms with Crippen molar-refractivity contribution in [1.29, 1.82) is 0 Å². The molecule has 1 fully saturated rings. The highest BCUT2D eigenvalue weighted by molar-refractivity contribution is 9.10. The van der Waals surface area contributed by atoms with Crippen LogP contribution in [0.5, 0.6) is 0 Å². The van der Waals surface area contributed by atoms with Crippen molar-refractivity contribution in [3.05, 3.63) is 45.4 Å².